The van der Waals surface area contributed by atoms with Crippen molar-refractivity contribution in [1.82, 2.24) is 24.0 Å². The third kappa shape index (κ3) is 3.66. The fourth-order valence-electron chi connectivity index (χ4n) is 2.44. The van der Waals surface area contributed by atoms with Gasteiger partial charge in [0.05, 0.1) is 12.7 Å². The van der Waals surface area contributed by atoms with Gasteiger partial charge in [-0.05, 0) is 24.6 Å². The van der Waals surface area contributed by atoms with Crippen molar-refractivity contribution in [3.05, 3.63) is 67.3 Å². The molecule has 0 aliphatic rings. The summed E-state index contributed by atoms with van der Waals surface area (Å²) in [6, 6.07) is 7.57. The first-order chi connectivity index (χ1) is 11.2. The molecular formula is C17H19N5O. The van der Waals surface area contributed by atoms with Gasteiger partial charge in [-0.3, -0.25) is 4.79 Å². The fraction of sp³-hybridized carbons (Fsp3) is 0.235. The van der Waals surface area contributed by atoms with Crippen LogP contribution in [0.4, 0.5) is 0 Å². The number of rotatable bonds is 6. The van der Waals surface area contributed by atoms with Gasteiger partial charge in [0.2, 0.25) is 0 Å². The fourth-order valence-corrected chi connectivity index (χ4v) is 2.44. The van der Waals surface area contributed by atoms with Gasteiger partial charge in [0.1, 0.15) is 0 Å². The largest absolute Gasteiger partial charge is 0.342 e. The van der Waals surface area contributed by atoms with Gasteiger partial charge in [0, 0.05) is 56.2 Å². The molecule has 3 rings (SSSR count). The lowest BCUT2D eigenvalue weighted by molar-refractivity contribution is 0.0792. The first-order valence-corrected chi connectivity index (χ1v) is 7.53. The first kappa shape index (κ1) is 15.0. The monoisotopic (exact) mass is 309 g/mol. The summed E-state index contributed by atoms with van der Waals surface area (Å²) >= 11 is 0. The summed E-state index contributed by atoms with van der Waals surface area (Å²) in [5, 5.41) is 0. The number of amides is 1. The van der Waals surface area contributed by atoms with Crippen LogP contribution >= 0.6 is 0 Å². The van der Waals surface area contributed by atoms with Gasteiger partial charge in [0.25, 0.3) is 5.91 Å². The van der Waals surface area contributed by atoms with E-state index < -0.39 is 0 Å². The molecule has 0 atom stereocenters. The van der Waals surface area contributed by atoms with Crippen molar-refractivity contribution >= 4 is 5.91 Å². The second-order valence-corrected chi connectivity index (χ2v) is 5.40. The highest BCUT2D eigenvalue weighted by atomic mass is 16.2. The smallest absolute Gasteiger partial charge is 0.253 e. The molecule has 2 aromatic heterocycles. The molecular weight excluding hydrogens is 290 g/mol. The standard InChI is InChI=1S/C17H19N5O/c1-20(8-3-9-21-10-6-18-13-21)17(23)15-4-2-5-16(12-15)22-11-7-19-14-22/h2,4-7,10-14H,3,8-9H2,1H3. The topological polar surface area (TPSA) is 56.0 Å². The van der Waals surface area contributed by atoms with Crippen LogP contribution < -0.4 is 0 Å². The van der Waals surface area contributed by atoms with Crippen molar-refractivity contribution in [2.45, 2.75) is 13.0 Å². The average molecular weight is 309 g/mol. The molecule has 118 valence electrons. The van der Waals surface area contributed by atoms with E-state index in [-0.39, 0.29) is 5.91 Å². The van der Waals surface area contributed by atoms with Crippen LogP contribution in [0.5, 0.6) is 0 Å². The number of aryl methyl sites for hydroxylation is 1. The highest BCUT2D eigenvalue weighted by Crippen LogP contribution is 2.12. The van der Waals surface area contributed by atoms with Crippen LogP contribution in [0.1, 0.15) is 16.8 Å². The summed E-state index contributed by atoms with van der Waals surface area (Å²) in [5.74, 6) is 0.0256. The molecule has 3 aromatic rings. The van der Waals surface area contributed by atoms with E-state index in [0.29, 0.717) is 12.1 Å². The van der Waals surface area contributed by atoms with Gasteiger partial charge in [-0.25, -0.2) is 9.97 Å². The van der Waals surface area contributed by atoms with Gasteiger partial charge in [0.15, 0.2) is 0 Å². The van der Waals surface area contributed by atoms with Gasteiger partial charge < -0.3 is 14.0 Å². The molecule has 0 saturated heterocycles. The lowest BCUT2D eigenvalue weighted by atomic mass is 10.1. The molecule has 0 aliphatic carbocycles. The van der Waals surface area contributed by atoms with Crippen LogP contribution in [0.3, 0.4) is 0 Å². The van der Waals surface area contributed by atoms with E-state index in [2.05, 4.69) is 9.97 Å². The van der Waals surface area contributed by atoms with Gasteiger partial charge in [-0.2, -0.15) is 0 Å². The molecule has 0 fully saturated rings. The Morgan fingerprint density at radius 3 is 2.74 bits per heavy atom. The van der Waals surface area contributed by atoms with Crippen LogP contribution in [0.25, 0.3) is 5.69 Å². The van der Waals surface area contributed by atoms with Crippen LogP contribution in [-0.4, -0.2) is 43.5 Å². The van der Waals surface area contributed by atoms with Crippen LogP contribution in [0.2, 0.25) is 0 Å². The lowest BCUT2D eigenvalue weighted by Gasteiger charge is -2.17. The Balaban J connectivity index is 1.61. The number of benzene rings is 1. The van der Waals surface area contributed by atoms with E-state index in [9.17, 15) is 4.79 Å². The molecule has 0 unspecified atom stereocenters. The van der Waals surface area contributed by atoms with Gasteiger partial charge in [-0.15, -0.1) is 0 Å². The molecule has 0 N–H and O–H groups in total. The Hall–Kier alpha value is -2.89. The minimum atomic E-state index is 0.0256. The molecule has 0 radical (unpaired) electrons. The third-order valence-electron chi connectivity index (χ3n) is 3.71. The zero-order valence-electron chi connectivity index (χ0n) is 13.0. The molecule has 0 saturated carbocycles. The number of imidazole rings is 2. The van der Waals surface area contributed by atoms with Crippen molar-refractivity contribution in [2.75, 3.05) is 13.6 Å². The molecule has 2 heterocycles. The highest BCUT2D eigenvalue weighted by Gasteiger charge is 2.12. The van der Waals surface area contributed by atoms with Crippen LogP contribution in [-0.2, 0) is 6.54 Å². The van der Waals surface area contributed by atoms with E-state index in [1.807, 2.05) is 52.8 Å². The Labute approximate surface area is 135 Å². The first-order valence-electron chi connectivity index (χ1n) is 7.53. The van der Waals surface area contributed by atoms with Gasteiger partial charge >= 0.3 is 0 Å². The number of carbonyl (C=O) groups is 1. The van der Waals surface area contributed by atoms with E-state index in [1.54, 1.807) is 29.9 Å². The average Bonchev–Trinajstić information content (AvgIpc) is 3.28. The second kappa shape index (κ2) is 6.91. The van der Waals surface area contributed by atoms with Gasteiger partial charge in [-0.1, -0.05) is 6.07 Å². The number of nitrogens with zero attached hydrogens (tertiary/aromatic N) is 5. The van der Waals surface area contributed by atoms with Crippen molar-refractivity contribution < 1.29 is 4.79 Å². The predicted molar refractivity (Wildman–Crippen MR) is 87.4 cm³/mol. The quantitative estimate of drug-likeness (QED) is 0.701. The predicted octanol–water partition coefficient (Wildman–Crippen LogP) is 2.23. The summed E-state index contributed by atoms with van der Waals surface area (Å²) in [7, 11) is 1.83. The molecule has 0 spiro atoms. The normalized spacial score (nSPS) is 10.7. The van der Waals surface area contributed by atoms with Crippen LogP contribution in [0.15, 0.2) is 61.7 Å². The Morgan fingerprint density at radius 1 is 1.17 bits per heavy atom. The zero-order valence-corrected chi connectivity index (χ0v) is 13.0. The Bertz CT molecular complexity index is 749. The summed E-state index contributed by atoms with van der Waals surface area (Å²) < 4.78 is 3.90. The minimum absolute atomic E-state index is 0.0256. The number of aromatic nitrogens is 4. The number of carbonyl (C=O) groups excluding carboxylic acids is 1. The minimum Gasteiger partial charge on any atom is -0.342 e. The molecule has 6 nitrogen and oxygen atoms in total. The molecule has 6 heteroatoms. The van der Waals surface area contributed by atoms with Crippen molar-refractivity contribution in [1.29, 1.82) is 0 Å². The summed E-state index contributed by atoms with van der Waals surface area (Å²) in [6.07, 6.45) is 11.7. The maximum absolute atomic E-state index is 12.5. The highest BCUT2D eigenvalue weighted by molar-refractivity contribution is 5.94. The number of hydrogen-bond acceptors (Lipinski definition) is 3. The van der Waals surface area contributed by atoms with Crippen molar-refractivity contribution in [3.63, 3.8) is 0 Å². The summed E-state index contributed by atoms with van der Waals surface area (Å²) in [6.45, 7) is 1.55. The van der Waals surface area contributed by atoms with Crippen molar-refractivity contribution in [3.8, 4) is 5.69 Å². The molecule has 0 bridgehead atoms. The summed E-state index contributed by atoms with van der Waals surface area (Å²) in [4.78, 5) is 22.3. The van der Waals surface area contributed by atoms with E-state index >= 15 is 0 Å². The van der Waals surface area contributed by atoms with E-state index in [0.717, 1.165) is 18.7 Å². The van der Waals surface area contributed by atoms with E-state index in [1.165, 1.54) is 0 Å². The lowest BCUT2D eigenvalue weighted by Crippen LogP contribution is -2.28. The zero-order chi connectivity index (χ0) is 16.1. The third-order valence-corrected chi connectivity index (χ3v) is 3.71. The Morgan fingerprint density at radius 2 is 2.00 bits per heavy atom. The maximum Gasteiger partial charge on any atom is 0.253 e. The molecule has 23 heavy (non-hydrogen) atoms. The summed E-state index contributed by atoms with van der Waals surface area (Å²) in [5.41, 5.74) is 1.61. The second-order valence-electron chi connectivity index (χ2n) is 5.40. The SMILES string of the molecule is CN(CCCn1ccnc1)C(=O)c1cccc(-n2ccnc2)c1. The Kier molecular flexibility index (Phi) is 4.52. The maximum atomic E-state index is 12.5. The molecule has 1 amide bonds. The van der Waals surface area contributed by atoms with Crippen LogP contribution in [0, 0.1) is 0 Å². The van der Waals surface area contributed by atoms with Crippen molar-refractivity contribution in [2.24, 2.45) is 0 Å². The molecule has 0 aliphatic heterocycles. The number of hydrogen-bond donors (Lipinski definition) is 0. The molecule has 1 aromatic carbocycles. The van der Waals surface area contributed by atoms with E-state index in [4.69, 9.17) is 0 Å².